The molecule has 2 N–H and O–H groups in total. The number of hydroxylamine groups is 1. The molecule has 0 amide bonds. The van der Waals surface area contributed by atoms with E-state index in [1.54, 1.807) is 6.92 Å². The van der Waals surface area contributed by atoms with Crippen LogP contribution in [0.2, 0.25) is 0 Å². The zero-order valence-corrected chi connectivity index (χ0v) is 7.17. The summed E-state index contributed by atoms with van der Waals surface area (Å²) in [5.41, 5.74) is 3.21. The second-order valence-corrected chi connectivity index (χ2v) is 2.75. The molecule has 70 valence electrons. The van der Waals surface area contributed by atoms with Gasteiger partial charge in [-0.25, -0.2) is 9.87 Å². The Morgan fingerprint density at radius 2 is 2.31 bits per heavy atom. The van der Waals surface area contributed by atoms with Crippen molar-refractivity contribution >= 4 is 6.29 Å². The fraction of sp³-hybridized carbons (Fsp3) is 0.222. The minimum atomic E-state index is -0.413. The van der Waals surface area contributed by atoms with Crippen molar-refractivity contribution in [2.45, 2.75) is 13.5 Å². The summed E-state index contributed by atoms with van der Waals surface area (Å²) in [6.07, 6.45) is 0.565. The smallest absolute Gasteiger partial charge is 0.150 e. The number of rotatable bonds is 3. The summed E-state index contributed by atoms with van der Waals surface area (Å²) >= 11 is 0. The number of halogens is 1. The van der Waals surface area contributed by atoms with Crippen LogP contribution in [-0.2, 0) is 6.54 Å². The molecule has 3 nitrogen and oxygen atoms in total. The van der Waals surface area contributed by atoms with E-state index in [0.717, 1.165) is 6.07 Å². The summed E-state index contributed by atoms with van der Waals surface area (Å²) in [6, 6.07) is 2.69. The number of hydrogen-bond acceptors (Lipinski definition) is 3. The normalized spacial score (nSPS) is 10.1. The molecule has 0 aliphatic carbocycles. The third kappa shape index (κ3) is 2.11. The number of nitrogens with one attached hydrogen (secondary N) is 1. The Hall–Kier alpha value is -1.26. The highest BCUT2D eigenvalue weighted by Gasteiger charge is 2.05. The average molecular weight is 183 g/mol. The minimum absolute atomic E-state index is 0.134. The quantitative estimate of drug-likeness (QED) is 0.550. The van der Waals surface area contributed by atoms with Gasteiger partial charge in [0.05, 0.1) is 0 Å². The molecule has 0 heterocycles. The maximum atomic E-state index is 12.9. The lowest BCUT2D eigenvalue weighted by molar-refractivity contribution is 0.112. The highest BCUT2D eigenvalue weighted by atomic mass is 19.1. The van der Waals surface area contributed by atoms with Crippen LogP contribution in [0.3, 0.4) is 0 Å². The van der Waals surface area contributed by atoms with Gasteiger partial charge < -0.3 is 5.21 Å². The Labute approximate surface area is 75.2 Å². The average Bonchev–Trinajstić information content (AvgIpc) is 2.11. The molecule has 0 spiro atoms. The SMILES string of the molecule is Cc1cc(CNO)c(C=O)cc1F. The van der Waals surface area contributed by atoms with E-state index in [2.05, 4.69) is 0 Å². The van der Waals surface area contributed by atoms with Crippen molar-refractivity contribution in [3.63, 3.8) is 0 Å². The molecule has 1 aromatic carbocycles. The fourth-order valence-electron chi connectivity index (χ4n) is 1.10. The minimum Gasteiger partial charge on any atom is -0.316 e. The van der Waals surface area contributed by atoms with Crippen molar-refractivity contribution in [2.24, 2.45) is 0 Å². The molecule has 0 radical (unpaired) electrons. The van der Waals surface area contributed by atoms with Gasteiger partial charge in [0.1, 0.15) is 12.1 Å². The van der Waals surface area contributed by atoms with Gasteiger partial charge >= 0.3 is 0 Å². The Balaban J connectivity index is 3.16. The van der Waals surface area contributed by atoms with Crippen LogP contribution in [0, 0.1) is 12.7 Å². The Bertz CT molecular complexity index is 326. The first-order valence-electron chi connectivity index (χ1n) is 3.80. The molecule has 0 aliphatic rings. The molecule has 0 bridgehead atoms. The lowest BCUT2D eigenvalue weighted by Crippen LogP contribution is -2.09. The van der Waals surface area contributed by atoms with Crippen LogP contribution in [0.5, 0.6) is 0 Å². The third-order valence-electron chi connectivity index (χ3n) is 1.82. The van der Waals surface area contributed by atoms with E-state index in [4.69, 9.17) is 5.21 Å². The largest absolute Gasteiger partial charge is 0.316 e. The Kier molecular flexibility index (Phi) is 3.11. The molecule has 1 rings (SSSR count). The molecule has 4 heteroatoms. The van der Waals surface area contributed by atoms with E-state index < -0.39 is 5.82 Å². The van der Waals surface area contributed by atoms with Crippen LogP contribution in [0.1, 0.15) is 21.5 Å². The fourth-order valence-corrected chi connectivity index (χ4v) is 1.10. The monoisotopic (exact) mass is 183 g/mol. The van der Waals surface area contributed by atoms with Gasteiger partial charge in [-0.3, -0.25) is 4.79 Å². The summed E-state index contributed by atoms with van der Waals surface area (Å²) < 4.78 is 12.9. The third-order valence-corrected chi connectivity index (χ3v) is 1.82. The van der Waals surface area contributed by atoms with Gasteiger partial charge in [0.25, 0.3) is 0 Å². The lowest BCUT2D eigenvalue weighted by Gasteiger charge is -2.05. The number of aryl methyl sites for hydroxylation is 1. The van der Waals surface area contributed by atoms with Crippen LogP contribution in [0.25, 0.3) is 0 Å². The second kappa shape index (κ2) is 4.11. The van der Waals surface area contributed by atoms with Crippen LogP contribution in [0.15, 0.2) is 12.1 Å². The van der Waals surface area contributed by atoms with Crippen molar-refractivity contribution in [2.75, 3.05) is 0 Å². The molecule has 0 saturated carbocycles. The summed E-state index contributed by atoms with van der Waals surface area (Å²) in [5.74, 6) is -0.413. The van der Waals surface area contributed by atoms with Crippen molar-refractivity contribution in [3.05, 3.63) is 34.6 Å². The van der Waals surface area contributed by atoms with Gasteiger partial charge in [-0.05, 0) is 24.1 Å². The molecular formula is C9H10FNO2. The van der Waals surface area contributed by atoms with Crippen LogP contribution >= 0.6 is 0 Å². The molecule has 0 aromatic heterocycles. The van der Waals surface area contributed by atoms with Crippen LogP contribution in [-0.4, -0.2) is 11.5 Å². The topological polar surface area (TPSA) is 49.3 Å². The van der Waals surface area contributed by atoms with E-state index >= 15 is 0 Å². The van der Waals surface area contributed by atoms with Crippen molar-refractivity contribution < 1.29 is 14.4 Å². The molecule has 0 unspecified atom stereocenters. The van der Waals surface area contributed by atoms with Crippen molar-refractivity contribution in [1.82, 2.24) is 5.48 Å². The van der Waals surface area contributed by atoms with Gasteiger partial charge in [-0.2, -0.15) is 0 Å². The molecule has 0 aliphatic heterocycles. The molecule has 1 aromatic rings. The zero-order valence-electron chi connectivity index (χ0n) is 7.17. The predicted octanol–water partition coefficient (Wildman–Crippen LogP) is 1.43. The first kappa shape index (κ1) is 9.83. The summed E-state index contributed by atoms with van der Waals surface area (Å²) in [7, 11) is 0. The summed E-state index contributed by atoms with van der Waals surface area (Å²) in [6.45, 7) is 1.74. The van der Waals surface area contributed by atoms with Gasteiger partial charge in [0.15, 0.2) is 0 Å². The summed E-state index contributed by atoms with van der Waals surface area (Å²) in [4.78, 5) is 10.5. The molecular weight excluding hydrogens is 173 g/mol. The van der Waals surface area contributed by atoms with Crippen LogP contribution < -0.4 is 5.48 Å². The number of carbonyl (C=O) groups excluding carboxylic acids is 1. The van der Waals surface area contributed by atoms with Gasteiger partial charge in [0, 0.05) is 12.1 Å². The molecule has 0 saturated heterocycles. The number of hydrogen-bond donors (Lipinski definition) is 2. The maximum absolute atomic E-state index is 12.9. The zero-order chi connectivity index (χ0) is 9.84. The van der Waals surface area contributed by atoms with Gasteiger partial charge in [0.2, 0.25) is 0 Å². The van der Waals surface area contributed by atoms with Crippen molar-refractivity contribution in [1.29, 1.82) is 0 Å². The van der Waals surface area contributed by atoms with E-state index in [-0.39, 0.29) is 12.1 Å². The number of benzene rings is 1. The van der Waals surface area contributed by atoms with Gasteiger partial charge in [-0.15, -0.1) is 0 Å². The Morgan fingerprint density at radius 3 is 2.85 bits per heavy atom. The van der Waals surface area contributed by atoms with E-state index in [9.17, 15) is 9.18 Å². The molecule has 0 atom stereocenters. The van der Waals surface area contributed by atoms with Crippen LogP contribution in [0.4, 0.5) is 4.39 Å². The maximum Gasteiger partial charge on any atom is 0.150 e. The van der Waals surface area contributed by atoms with E-state index in [1.807, 2.05) is 5.48 Å². The van der Waals surface area contributed by atoms with Crippen molar-refractivity contribution in [3.8, 4) is 0 Å². The predicted molar refractivity (Wildman–Crippen MR) is 45.2 cm³/mol. The number of carbonyl (C=O) groups is 1. The second-order valence-electron chi connectivity index (χ2n) is 2.75. The molecule has 13 heavy (non-hydrogen) atoms. The summed E-state index contributed by atoms with van der Waals surface area (Å²) in [5, 5.41) is 8.44. The van der Waals surface area contributed by atoms with E-state index in [1.165, 1.54) is 6.07 Å². The first-order valence-corrected chi connectivity index (χ1v) is 3.80. The van der Waals surface area contributed by atoms with E-state index in [0.29, 0.717) is 17.4 Å². The standard InChI is InChI=1S/C9H10FNO2/c1-6-2-7(4-11-13)8(5-12)3-9(6)10/h2-3,5,11,13H,4H2,1H3. The lowest BCUT2D eigenvalue weighted by atomic mass is 10.1. The molecule has 0 fully saturated rings. The van der Waals surface area contributed by atoms with Gasteiger partial charge in [-0.1, -0.05) is 6.07 Å². The highest BCUT2D eigenvalue weighted by Crippen LogP contribution is 2.13. The Morgan fingerprint density at radius 1 is 1.62 bits per heavy atom. The number of aldehydes is 1. The highest BCUT2D eigenvalue weighted by molar-refractivity contribution is 5.77. The first-order chi connectivity index (χ1) is 6.19.